The Morgan fingerprint density at radius 1 is 1.18 bits per heavy atom. The first-order chi connectivity index (χ1) is 13.6. The van der Waals surface area contributed by atoms with Crippen LogP contribution >= 0.6 is 23.2 Å². The standard InChI is InChI=1S/C22H24Cl2N2O2/c1-2-28-11-5-8-22(27)26-14-18(16-10-9-15(23)12-20(16)24)19-13-25-21-7-4-3-6-17(19)21/h3-4,6-7,9-10,12-13,18,25H,2,5,8,11,14H2,1H3,(H,26,27). The van der Waals surface area contributed by atoms with E-state index in [4.69, 9.17) is 27.9 Å². The summed E-state index contributed by atoms with van der Waals surface area (Å²) < 4.78 is 5.30. The third-order valence-corrected chi connectivity index (χ3v) is 5.30. The van der Waals surface area contributed by atoms with Crippen LogP contribution in [0, 0.1) is 0 Å². The lowest BCUT2D eigenvalue weighted by molar-refractivity contribution is -0.121. The van der Waals surface area contributed by atoms with Gasteiger partial charge in [0.2, 0.25) is 5.91 Å². The SMILES string of the molecule is CCOCCCC(=O)NCC(c1ccc(Cl)cc1Cl)c1c[nH]c2ccccc12. The maximum atomic E-state index is 12.3. The molecule has 0 spiro atoms. The van der Waals surface area contributed by atoms with Crippen molar-refractivity contribution >= 4 is 40.0 Å². The molecular formula is C22H24Cl2N2O2. The van der Waals surface area contributed by atoms with Crippen LogP contribution in [0.3, 0.4) is 0 Å². The molecule has 1 atom stereocenters. The Hall–Kier alpha value is -2.01. The van der Waals surface area contributed by atoms with E-state index in [0.717, 1.165) is 22.0 Å². The van der Waals surface area contributed by atoms with Crippen molar-refractivity contribution < 1.29 is 9.53 Å². The Bertz CT molecular complexity index is 939. The van der Waals surface area contributed by atoms with Gasteiger partial charge in [0.15, 0.2) is 0 Å². The number of nitrogens with one attached hydrogen (secondary N) is 2. The number of carbonyl (C=O) groups excluding carboxylic acids is 1. The first-order valence-electron chi connectivity index (χ1n) is 9.45. The number of amides is 1. The van der Waals surface area contributed by atoms with E-state index >= 15 is 0 Å². The first-order valence-corrected chi connectivity index (χ1v) is 10.2. The molecule has 1 amide bonds. The van der Waals surface area contributed by atoms with E-state index in [1.165, 1.54) is 0 Å². The van der Waals surface area contributed by atoms with E-state index in [1.807, 2.05) is 43.5 Å². The maximum Gasteiger partial charge on any atom is 0.220 e. The van der Waals surface area contributed by atoms with Crippen molar-refractivity contribution in [3.05, 3.63) is 69.8 Å². The highest BCUT2D eigenvalue weighted by Crippen LogP contribution is 2.35. The van der Waals surface area contributed by atoms with Gasteiger partial charge >= 0.3 is 0 Å². The number of para-hydroxylation sites is 1. The molecule has 3 aromatic rings. The first kappa shape index (κ1) is 20.7. The van der Waals surface area contributed by atoms with Crippen LogP contribution < -0.4 is 5.32 Å². The molecule has 0 bridgehead atoms. The van der Waals surface area contributed by atoms with Crippen molar-refractivity contribution in [3.63, 3.8) is 0 Å². The van der Waals surface area contributed by atoms with Crippen LogP contribution in [0.25, 0.3) is 10.9 Å². The molecule has 0 saturated heterocycles. The number of benzene rings is 2. The molecule has 2 N–H and O–H groups in total. The van der Waals surface area contributed by atoms with E-state index in [2.05, 4.69) is 16.4 Å². The number of halogens is 2. The van der Waals surface area contributed by atoms with Crippen LogP contribution in [0.4, 0.5) is 0 Å². The van der Waals surface area contributed by atoms with Crippen molar-refractivity contribution in [2.24, 2.45) is 0 Å². The molecule has 1 heterocycles. The summed E-state index contributed by atoms with van der Waals surface area (Å²) in [6.45, 7) is 3.66. The van der Waals surface area contributed by atoms with Crippen LogP contribution in [0.5, 0.6) is 0 Å². The van der Waals surface area contributed by atoms with Gasteiger partial charge in [-0.2, -0.15) is 0 Å². The van der Waals surface area contributed by atoms with Crippen molar-refractivity contribution in [2.45, 2.75) is 25.7 Å². The molecule has 148 valence electrons. The van der Waals surface area contributed by atoms with E-state index < -0.39 is 0 Å². The molecule has 0 radical (unpaired) electrons. The fourth-order valence-corrected chi connectivity index (χ4v) is 3.88. The van der Waals surface area contributed by atoms with E-state index in [1.54, 1.807) is 6.07 Å². The number of aromatic amines is 1. The Balaban J connectivity index is 1.82. The van der Waals surface area contributed by atoms with Gasteiger partial charge in [-0.1, -0.05) is 47.5 Å². The highest BCUT2D eigenvalue weighted by atomic mass is 35.5. The van der Waals surface area contributed by atoms with Crippen LogP contribution in [-0.2, 0) is 9.53 Å². The summed E-state index contributed by atoms with van der Waals surface area (Å²) in [7, 11) is 0. The second-order valence-corrected chi connectivity index (χ2v) is 7.46. The van der Waals surface area contributed by atoms with Gasteiger partial charge in [-0.25, -0.2) is 0 Å². The molecule has 0 aliphatic heterocycles. The number of hydrogen-bond donors (Lipinski definition) is 2. The Morgan fingerprint density at radius 3 is 2.79 bits per heavy atom. The van der Waals surface area contributed by atoms with Gasteiger partial charge < -0.3 is 15.0 Å². The lowest BCUT2D eigenvalue weighted by Gasteiger charge is -2.20. The second kappa shape index (κ2) is 9.97. The zero-order chi connectivity index (χ0) is 19.9. The number of aromatic nitrogens is 1. The molecule has 6 heteroatoms. The largest absolute Gasteiger partial charge is 0.382 e. The van der Waals surface area contributed by atoms with Gasteiger partial charge in [0, 0.05) is 59.2 Å². The lowest BCUT2D eigenvalue weighted by Crippen LogP contribution is -2.29. The van der Waals surface area contributed by atoms with Gasteiger partial charge in [0.1, 0.15) is 0 Å². The predicted molar refractivity (Wildman–Crippen MR) is 115 cm³/mol. The summed E-state index contributed by atoms with van der Waals surface area (Å²) in [4.78, 5) is 15.6. The molecule has 0 aliphatic rings. The summed E-state index contributed by atoms with van der Waals surface area (Å²) >= 11 is 12.6. The van der Waals surface area contributed by atoms with Crippen LogP contribution in [0.1, 0.15) is 36.8 Å². The molecule has 2 aromatic carbocycles. The smallest absolute Gasteiger partial charge is 0.220 e. The normalized spacial score (nSPS) is 12.2. The minimum atomic E-state index is -0.0863. The quantitative estimate of drug-likeness (QED) is 0.448. The van der Waals surface area contributed by atoms with Crippen molar-refractivity contribution in [3.8, 4) is 0 Å². The summed E-state index contributed by atoms with van der Waals surface area (Å²) in [5, 5.41) is 5.35. The third kappa shape index (κ3) is 5.07. The maximum absolute atomic E-state index is 12.3. The highest BCUT2D eigenvalue weighted by molar-refractivity contribution is 6.35. The van der Waals surface area contributed by atoms with Crippen molar-refractivity contribution in [1.82, 2.24) is 10.3 Å². The molecule has 0 saturated carbocycles. The predicted octanol–water partition coefficient (Wildman–Crippen LogP) is 5.54. The summed E-state index contributed by atoms with van der Waals surface area (Å²) in [5.41, 5.74) is 3.08. The molecule has 0 fully saturated rings. The Labute approximate surface area is 175 Å². The average molecular weight is 419 g/mol. The van der Waals surface area contributed by atoms with Gasteiger partial charge in [-0.05, 0) is 42.7 Å². The fraction of sp³-hybridized carbons (Fsp3) is 0.318. The Kier molecular flexibility index (Phi) is 7.37. The number of fused-ring (bicyclic) bond motifs is 1. The minimum Gasteiger partial charge on any atom is -0.382 e. The molecule has 1 aromatic heterocycles. The van der Waals surface area contributed by atoms with Crippen LogP contribution in [0.15, 0.2) is 48.7 Å². The topological polar surface area (TPSA) is 54.1 Å². The fourth-order valence-electron chi connectivity index (χ4n) is 3.34. The summed E-state index contributed by atoms with van der Waals surface area (Å²) in [6.07, 6.45) is 3.13. The Morgan fingerprint density at radius 2 is 2.00 bits per heavy atom. The zero-order valence-electron chi connectivity index (χ0n) is 15.8. The van der Waals surface area contributed by atoms with E-state index in [9.17, 15) is 4.79 Å². The summed E-state index contributed by atoms with van der Waals surface area (Å²) in [5.74, 6) is -0.0774. The molecule has 0 aliphatic carbocycles. The lowest BCUT2D eigenvalue weighted by atomic mass is 9.90. The average Bonchev–Trinajstić information content (AvgIpc) is 3.11. The molecule has 28 heavy (non-hydrogen) atoms. The molecular weight excluding hydrogens is 395 g/mol. The molecule has 1 unspecified atom stereocenters. The number of rotatable bonds is 9. The highest BCUT2D eigenvalue weighted by Gasteiger charge is 2.21. The monoisotopic (exact) mass is 418 g/mol. The van der Waals surface area contributed by atoms with Gasteiger partial charge in [0.25, 0.3) is 0 Å². The molecule has 4 nitrogen and oxygen atoms in total. The van der Waals surface area contributed by atoms with Crippen LogP contribution in [0.2, 0.25) is 10.0 Å². The van der Waals surface area contributed by atoms with Crippen molar-refractivity contribution in [2.75, 3.05) is 19.8 Å². The van der Waals surface area contributed by atoms with Gasteiger partial charge in [-0.3, -0.25) is 4.79 Å². The zero-order valence-corrected chi connectivity index (χ0v) is 17.3. The second-order valence-electron chi connectivity index (χ2n) is 6.61. The summed E-state index contributed by atoms with van der Waals surface area (Å²) in [6, 6.07) is 13.6. The number of hydrogen-bond acceptors (Lipinski definition) is 2. The van der Waals surface area contributed by atoms with E-state index in [-0.39, 0.29) is 11.8 Å². The number of H-pyrrole nitrogens is 1. The molecule has 3 rings (SSSR count). The van der Waals surface area contributed by atoms with E-state index in [0.29, 0.717) is 42.6 Å². The number of ether oxygens (including phenoxy) is 1. The van der Waals surface area contributed by atoms with Gasteiger partial charge in [0.05, 0.1) is 0 Å². The van der Waals surface area contributed by atoms with Gasteiger partial charge in [-0.15, -0.1) is 0 Å². The number of carbonyl (C=O) groups is 1. The minimum absolute atomic E-state index is 0.00892. The van der Waals surface area contributed by atoms with Crippen molar-refractivity contribution in [1.29, 1.82) is 0 Å². The third-order valence-electron chi connectivity index (χ3n) is 4.73. The van der Waals surface area contributed by atoms with Crippen LogP contribution in [-0.4, -0.2) is 30.6 Å².